The summed E-state index contributed by atoms with van der Waals surface area (Å²) in [5.41, 5.74) is -1.12. The van der Waals surface area contributed by atoms with Crippen molar-refractivity contribution in [3.05, 3.63) is 35.4 Å². The van der Waals surface area contributed by atoms with Crippen molar-refractivity contribution in [3.8, 4) is 0 Å². The van der Waals surface area contributed by atoms with Gasteiger partial charge in [-0.25, -0.2) is 8.78 Å². The van der Waals surface area contributed by atoms with Gasteiger partial charge in [0.05, 0.1) is 12.0 Å². The van der Waals surface area contributed by atoms with E-state index < -0.39 is 23.1 Å². The molecule has 3 nitrogen and oxygen atoms in total. The maximum atomic E-state index is 13.5. The predicted octanol–water partition coefficient (Wildman–Crippen LogP) is 1.87. The quantitative estimate of drug-likeness (QED) is 0.828. The predicted molar refractivity (Wildman–Crippen MR) is 55.0 cm³/mol. The number of hydrogen-bond donors (Lipinski definition) is 2. The zero-order valence-corrected chi connectivity index (χ0v) is 9.05. The lowest BCUT2D eigenvalue weighted by atomic mass is 9.88. The van der Waals surface area contributed by atoms with E-state index >= 15 is 0 Å². The molecule has 0 aromatic heterocycles. The van der Waals surface area contributed by atoms with Crippen LogP contribution in [0.1, 0.15) is 18.9 Å². The first kappa shape index (κ1) is 12.6. The number of carboxylic acid groups (broad SMARTS) is 1. The third kappa shape index (κ3) is 2.55. The zero-order chi connectivity index (χ0) is 12.3. The van der Waals surface area contributed by atoms with Gasteiger partial charge < -0.3 is 10.4 Å². The van der Waals surface area contributed by atoms with E-state index in [2.05, 4.69) is 5.32 Å². The smallest absolute Gasteiger partial charge is 0.305 e. The molecular weight excluding hydrogens is 216 g/mol. The Labute approximate surface area is 92.1 Å². The monoisotopic (exact) mass is 229 g/mol. The number of benzene rings is 1. The van der Waals surface area contributed by atoms with Gasteiger partial charge in [0, 0.05) is 5.56 Å². The fourth-order valence-corrected chi connectivity index (χ4v) is 1.54. The van der Waals surface area contributed by atoms with Crippen molar-refractivity contribution in [1.29, 1.82) is 0 Å². The minimum atomic E-state index is -1.13. The summed E-state index contributed by atoms with van der Waals surface area (Å²) in [6, 6.07) is 2.99. The number of rotatable bonds is 4. The third-order valence-corrected chi connectivity index (χ3v) is 2.58. The Bertz CT molecular complexity index is 409. The Morgan fingerprint density at radius 1 is 1.50 bits per heavy atom. The molecule has 0 aliphatic carbocycles. The summed E-state index contributed by atoms with van der Waals surface area (Å²) >= 11 is 0. The number of nitrogens with one attached hydrogen (secondary N) is 1. The Hall–Kier alpha value is -1.49. The average molecular weight is 229 g/mol. The van der Waals surface area contributed by atoms with Crippen molar-refractivity contribution in [3.63, 3.8) is 0 Å². The lowest BCUT2D eigenvalue weighted by molar-refractivity contribution is -0.138. The van der Waals surface area contributed by atoms with Gasteiger partial charge in [0.25, 0.3) is 0 Å². The van der Waals surface area contributed by atoms with E-state index in [9.17, 15) is 13.6 Å². The molecule has 1 aromatic rings. The fraction of sp³-hybridized carbons (Fsp3) is 0.364. The van der Waals surface area contributed by atoms with E-state index in [0.29, 0.717) is 0 Å². The second kappa shape index (κ2) is 4.57. The van der Waals surface area contributed by atoms with Gasteiger partial charge in [0.1, 0.15) is 11.6 Å². The Morgan fingerprint density at radius 3 is 2.62 bits per heavy atom. The van der Waals surface area contributed by atoms with Crippen molar-refractivity contribution in [2.24, 2.45) is 0 Å². The summed E-state index contributed by atoms with van der Waals surface area (Å²) in [5, 5.41) is 11.5. The summed E-state index contributed by atoms with van der Waals surface area (Å²) < 4.78 is 26.5. The summed E-state index contributed by atoms with van der Waals surface area (Å²) in [5.74, 6) is -2.30. The minimum Gasteiger partial charge on any atom is -0.481 e. The first-order valence-corrected chi connectivity index (χ1v) is 4.75. The van der Waals surface area contributed by atoms with Crippen molar-refractivity contribution < 1.29 is 18.7 Å². The second-order valence-corrected chi connectivity index (χ2v) is 3.78. The highest BCUT2D eigenvalue weighted by Crippen LogP contribution is 2.27. The summed E-state index contributed by atoms with van der Waals surface area (Å²) in [6.07, 6.45) is -0.329. The van der Waals surface area contributed by atoms with Crippen molar-refractivity contribution in [2.45, 2.75) is 18.9 Å². The number of hydrogen-bond acceptors (Lipinski definition) is 2. The Morgan fingerprint density at radius 2 is 2.12 bits per heavy atom. The molecule has 1 rings (SSSR count). The minimum absolute atomic E-state index is 0.0115. The van der Waals surface area contributed by atoms with Crippen LogP contribution in [0.3, 0.4) is 0 Å². The molecule has 5 heteroatoms. The summed E-state index contributed by atoms with van der Waals surface area (Å²) in [4.78, 5) is 10.7. The van der Waals surface area contributed by atoms with Crippen LogP contribution in [0.25, 0.3) is 0 Å². The van der Waals surface area contributed by atoms with Gasteiger partial charge >= 0.3 is 5.97 Å². The number of carboxylic acids is 1. The van der Waals surface area contributed by atoms with Crippen LogP contribution in [0.4, 0.5) is 8.78 Å². The van der Waals surface area contributed by atoms with Crippen molar-refractivity contribution in [2.75, 3.05) is 7.05 Å². The zero-order valence-electron chi connectivity index (χ0n) is 9.05. The van der Waals surface area contributed by atoms with Crippen LogP contribution in [-0.4, -0.2) is 18.1 Å². The maximum absolute atomic E-state index is 13.5. The molecule has 1 unspecified atom stereocenters. The normalized spacial score (nSPS) is 14.5. The van der Waals surface area contributed by atoms with Crippen molar-refractivity contribution >= 4 is 5.97 Å². The van der Waals surface area contributed by atoms with Gasteiger partial charge in [-0.05, 0) is 32.2 Å². The van der Waals surface area contributed by atoms with E-state index in [1.165, 1.54) is 14.0 Å². The summed E-state index contributed by atoms with van der Waals surface area (Å²) in [6.45, 7) is 1.51. The molecule has 0 fully saturated rings. The van der Waals surface area contributed by atoms with Gasteiger partial charge in [0.2, 0.25) is 0 Å². The molecule has 0 saturated heterocycles. The molecule has 1 atom stereocenters. The number of aliphatic carboxylic acids is 1. The molecule has 16 heavy (non-hydrogen) atoms. The molecule has 1 aromatic carbocycles. The van der Waals surface area contributed by atoms with Gasteiger partial charge in [-0.2, -0.15) is 0 Å². The van der Waals surface area contributed by atoms with Crippen LogP contribution >= 0.6 is 0 Å². The highest BCUT2D eigenvalue weighted by molar-refractivity contribution is 5.68. The van der Waals surface area contributed by atoms with Crippen LogP contribution in [0.5, 0.6) is 0 Å². The molecular formula is C11H13F2NO2. The van der Waals surface area contributed by atoms with E-state index in [1.54, 1.807) is 0 Å². The molecule has 0 aliphatic rings. The first-order valence-electron chi connectivity index (χ1n) is 4.75. The highest BCUT2D eigenvalue weighted by atomic mass is 19.1. The standard InChI is InChI=1S/C11H13F2NO2/c1-11(14-2,6-10(15)16)8-5-7(12)3-4-9(8)13/h3-5,14H,6H2,1-2H3,(H,15,16). The van der Waals surface area contributed by atoms with Gasteiger partial charge in [-0.15, -0.1) is 0 Å². The SMILES string of the molecule is CNC(C)(CC(=O)O)c1cc(F)ccc1F. The van der Waals surface area contributed by atoms with Gasteiger partial charge in [-0.1, -0.05) is 0 Å². The van der Waals surface area contributed by atoms with Gasteiger partial charge in [-0.3, -0.25) is 4.79 Å². The number of halogens is 2. The molecule has 0 saturated carbocycles. The van der Waals surface area contributed by atoms with Crippen LogP contribution in [0.15, 0.2) is 18.2 Å². The van der Waals surface area contributed by atoms with Crippen LogP contribution in [0.2, 0.25) is 0 Å². The Kier molecular flexibility index (Phi) is 3.59. The maximum Gasteiger partial charge on any atom is 0.305 e. The summed E-state index contributed by atoms with van der Waals surface area (Å²) in [7, 11) is 1.51. The van der Waals surface area contributed by atoms with Crippen LogP contribution < -0.4 is 5.32 Å². The Balaban J connectivity index is 3.21. The van der Waals surface area contributed by atoms with Crippen LogP contribution in [0, 0.1) is 11.6 Å². The number of carbonyl (C=O) groups is 1. The fourth-order valence-electron chi connectivity index (χ4n) is 1.54. The molecule has 0 heterocycles. The molecule has 0 radical (unpaired) electrons. The largest absolute Gasteiger partial charge is 0.481 e. The molecule has 0 bridgehead atoms. The second-order valence-electron chi connectivity index (χ2n) is 3.78. The lowest BCUT2D eigenvalue weighted by Crippen LogP contribution is -2.39. The molecule has 0 aliphatic heterocycles. The lowest BCUT2D eigenvalue weighted by Gasteiger charge is -2.28. The molecule has 0 spiro atoms. The van der Waals surface area contributed by atoms with E-state index in [4.69, 9.17) is 5.11 Å². The van der Waals surface area contributed by atoms with E-state index in [1.807, 2.05) is 0 Å². The molecule has 88 valence electrons. The van der Waals surface area contributed by atoms with E-state index in [0.717, 1.165) is 18.2 Å². The highest BCUT2D eigenvalue weighted by Gasteiger charge is 2.30. The molecule has 2 N–H and O–H groups in total. The van der Waals surface area contributed by atoms with E-state index in [-0.39, 0.29) is 12.0 Å². The third-order valence-electron chi connectivity index (χ3n) is 2.58. The van der Waals surface area contributed by atoms with Crippen LogP contribution in [-0.2, 0) is 10.3 Å². The van der Waals surface area contributed by atoms with Crippen molar-refractivity contribution in [1.82, 2.24) is 5.32 Å². The van der Waals surface area contributed by atoms with Gasteiger partial charge in [0.15, 0.2) is 0 Å². The molecule has 0 amide bonds. The first-order chi connectivity index (χ1) is 7.39. The topological polar surface area (TPSA) is 49.3 Å². The average Bonchev–Trinajstić information content (AvgIpc) is 2.20.